The molecule has 31 heavy (non-hydrogen) atoms. The summed E-state index contributed by atoms with van der Waals surface area (Å²) in [7, 11) is -4.58. The molecule has 2 rings (SSSR count). The molecule has 176 valence electrons. The Labute approximate surface area is 177 Å². The van der Waals surface area contributed by atoms with Crippen molar-refractivity contribution in [1.82, 2.24) is 9.55 Å². The third-order valence-electron chi connectivity index (χ3n) is 4.27. The molecule has 1 aromatic rings. The van der Waals surface area contributed by atoms with E-state index in [1.807, 2.05) is 0 Å². The zero-order valence-electron chi connectivity index (χ0n) is 17.3. The molecule has 4 atom stereocenters. The van der Waals surface area contributed by atoms with Gasteiger partial charge in [-0.3, -0.25) is 18.4 Å². The van der Waals surface area contributed by atoms with Gasteiger partial charge in [-0.2, -0.15) is 4.98 Å². The first-order valence-electron chi connectivity index (χ1n) is 9.51. The van der Waals surface area contributed by atoms with Gasteiger partial charge in [0.05, 0.1) is 31.3 Å². The summed E-state index contributed by atoms with van der Waals surface area (Å²) in [6, 6.07) is 1.17. The van der Waals surface area contributed by atoms with E-state index in [0.717, 1.165) is 6.20 Å². The van der Waals surface area contributed by atoms with E-state index in [9.17, 15) is 27.8 Å². The van der Waals surface area contributed by atoms with Crippen LogP contribution >= 0.6 is 7.82 Å². The second kappa shape index (κ2) is 10.1. The Hall–Kier alpha value is -1.92. The summed E-state index contributed by atoms with van der Waals surface area (Å²) in [5.41, 5.74) is 4.32. The summed E-state index contributed by atoms with van der Waals surface area (Å²) >= 11 is 0. The van der Waals surface area contributed by atoms with Crippen LogP contribution in [0.1, 0.15) is 39.8 Å². The minimum absolute atomic E-state index is 0.0899. The zero-order chi connectivity index (χ0) is 23.4. The van der Waals surface area contributed by atoms with E-state index < -0.39 is 56.7 Å². The molecule has 1 aliphatic heterocycles. The van der Waals surface area contributed by atoms with Gasteiger partial charge in [-0.1, -0.05) is 6.92 Å². The van der Waals surface area contributed by atoms with Crippen LogP contribution < -0.4 is 11.4 Å². The molecule has 0 amide bonds. The van der Waals surface area contributed by atoms with Crippen molar-refractivity contribution in [3.8, 4) is 0 Å². The van der Waals surface area contributed by atoms with Gasteiger partial charge in [0.1, 0.15) is 5.82 Å². The molecule has 0 bridgehead atoms. The van der Waals surface area contributed by atoms with Crippen LogP contribution in [0, 0.1) is 5.92 Å². The minimum atomic E-state index is -4.58. The SMILES string of the molecule is CC(C)OC(=O)[C@@H](C)CCOP(=O)(O)OC[C@@H]1CC(F)(F)C(n2ccc(N)nc2=O)O1. The summed E-state index contributed by atoms with van der Waals surface area (Å²) in [6.45, 7) is 3.98. The molecule has 1 aromatic heterocycles. The number of aromatic nitrogens is 2. The van der Waals surface area contributed by atoms with Crippen LogP contribution in [-0.4, -0.2) is 51.8 Å². The Morgan fingerprint density at radius 2 is 2.13 bits per heavy atom. The molecular formula is C17H26F2N3O8P. The van der Waals surface area contributed by atoms with Crippen LogP contribution in [0.4, 0.5) is 14.6 Å². The van der Waals surface area contributed by atoms with Crippen molar-refractivity contribution in [2.75, 3.05) is 18.9 Å². The predicted molar refractivity (Wildman–Crippen MR) is 103 cm³/mol. The average molecular weight is 469 g/mol. The number of rotatable bonds is 10. The molecule has 3 N–H and O–H groups in total. The molecule has 0 radical (unpaired) electrons. The van der Waals surface area contributed by atoms with E-state index in [1.165, 1.54) is 6.07 Å². The largest absolute Gasteiger partial charge is 0.472 e. The van der Waals surface area contributed by atoms with Crippen LogP contribution in [0.2, 0.25) is 0 Å². The van der Waals surface area contributed by atoms with Crippen LogP contribution in [0.15, 0.2) is 17.1 Å². The second-order valence-corrected chi connectivity index (χ2v) is 8.84. The maximum absolute atomic E-state index is 14.3. The number of nitrogen functional groups attached to an aromatic ring is 1. The zero-order valence-corrected chi connectivity index (χ0v) is 18.2. The molecule has 1 saturated heterocycles. The lowest BCUT2D eigenvalue weighted by Crippen LogP contribution is -2.35. The molecule has 0 saturated carbocycles. The first kappa shape index (κ1) is 25.3. The topological polar surface area (TPSA) is 152 Å². The lowest BCUT2D eigenvalue weighted by molar-refractivity contribution is -0.152. The maximum Gasteiger partial charge on any atom is 0.472 e. The van der Waals surface area contributed by atoms with E-state index >= 15 is 0 Å². The maximum atomic E-state index is 14.3. The molecule has 0 spiro atoms. The number of esters is 1. The Balaban J connectivity index is 1.86. The van der Waals surface area contributed by atoms with Gasteiger partial charge in [0.15, 0.2) is 0 Å². The molecule has 14 heteroatoms. The number of halogens is 2. The molecule has 11 nitrogen and oxygen atoms in total. The average Bonchev–Trinajstić information content (AvgIpc) is 2.94. The standard InChI is InChI=1S/C17H26F2N3O8P/c1-10(2)29-14(23)11(3)5-7-27-31(25,26)28-9-12-8-17(18,19)15(30-12)22-6-4-13(20)21-16(22)24/h4,6,10-12,15H,5,7-9H2,1-3H3,(H,25,26)(H2,20,21,24)/t11-,12-,15?/m0/s1. The van der Waals surface area contributed by atoms with Crippen molar-refractivity contribution in [3.05, 3.63) is 22.7 Å². The monoisotopic (exact) mass is 469 g/mol. The molecule has 2 heterocycles. The van der Waals surface area contributed by atoms with Crippen molar-refractivity contribution < 1.29 is 41.6 Å². The molecule has 0 aliphatic carbocycles. The first-order valence-corrected chi connectivity index (χ1v) is 11.0. The van der Waals surface area contributed by atoms with Crippen molar-refractivity contribution in [3.63, 3.8) is 0 Å². The van der Waals surface area contributed by atoms with Gasteiger partial charge in [-0.05, 0) is 26.3 Å². The molecule has 1 aliphatic rings. The first-order chi connectivity index (χ1) is 14.3. The highest BCUT2D eigenvalue weighted by Gasteiger charge is 2.52. The molecular weight excluding hydrogens is 443 g/mol. The van der Waals surface area contributed by atoms with Gasteiger partial charge >= 0.3 is 19.5 Å². The van der Waals surface area contributed by atoms with Crippen LogP contribution in [0.25, 0.3) is 0 Å². The summed E-state index contributed by atoms with van der Waals surface area (Å²) in [5, 5.41) is 0. The molecule has 2 unspecified atom stereocenters. The van der Waals surface area contributed by atoms with Crippen LogP contribution in [0.5, 0.6) is 0 Å². The highest BCUT2D eigenvalue weighted by molar-refractivity contribution is 7.47. The predicted octanol–water partition coefficient (Wildman–Crippen LogP) is 1.86. The smallest absolute Gasteiger partial charge is 0.463 e. The Morgan fingerprint density at radius 3 is 2.74 bits per heavy atom. The third-order valence-corrected chi connectivity index (χ3v) is 5.25. The van der Waals surface area contributed by atoms with Gasteiger partial charge in [-0.25, -0.2) is 18.1 Å². The van der Waals surface area contributed by atoms with E-state index in [2.05, 4.69) is 4.98 Å². The van der Waals surface area contributed by atoms with Gasteiger partial charge < -0.3 is 20.1 Å². The normalized spacial score (nSPS) is 23.5. The van der Waals surface area contributed by atoms with Crippen LogP contribution in [-0.2, 0) is 27.9 Å². The van der Waals surface area contributed by atoms with Gasteiger partial charge in [0.2, 0.25) is 6.23 Å². The fraction of sp³-hybridized carbons (Fsp3) is 0.706. The number of hydrogen-bond donors (Lipinski definition) is 2. The number of carbonyl (C=O) groups excluding carboxylic acids is 1. The van der Waals surface area contributed by atoms with Crippen molar-refractivity contribution in [1.29, 1.82) is 0 Å². The number of nitrogens with zero attached hydrogens (tertiary/aromatic N) is 2. The highest BCUT2D eigenvalue weighted by Crippen LogP contribution is 2.47. The Morgan fingerprint density at radius 1 is 1.45 bits per heavy atom. The van der Waals surface area contributed by atoms with Crippen molar-refractivity contribution in [2.45, 2.75) is 58.0 Å². The second-order valence-electron chi connectivity index (χ2n) is 7.39. The van der Waals surface area contributed by atoms with Gasteiger partial charge in [-0.15, -0.1) is 0 Å². The number of anilines is 1. The van der Waals surface area contributed by atoms with E-state index in [0.29, 0.717) is 4.57 Å². The Bertz CT molecular complexity index is 881. The highest BCUT2D eigenvalue weighted by atomic mass is 31.2. The lowest BCUT2D eigenvalue weighted by atomic mass is 10.1. The summed E-state index contributed by atoms with van der Waals surface area (Å²) in [5.74, 6) is -4.64. The number of nitrogens with two attached hydrogens (primary N) is 1. The molecule has 1 fully saturated rings. The number of alkyl halides is 2. The van der Waals surface area contributed by atoms with Gasteiger partial charge in [0, 0.05) is 12.6 Å². The third kappa shape index (κ3) is 7.32. The van der Waals surface area contributed by atoms with Gasteiger partial charge in [0.25, 0.3) is 5.92 Å². The van der Waals surface area contributed by atoms with Crippen molar-refractivity contribution >= 4 is 19.6 Å². The summed E-state index contributed by atoms with van der Waals surface area (Å²) < 4.78 is 60.8. The molecule has 0 aromatic carbocycles. The summed E-state index contributed by atoms with van der Waals surface area (Å²) in [6.07, 6.45) is -3.28. The number of hydrogen-bond acceptors (Lipinski definition) is 9. The number of ether oxygens (including phenoxy) is 2. The van der Waals surface area contributed by atoms with E-state index in [1.54, 1.807) is 20.8 Å². The van der Waals surface area contributed by atoms with Crippen LogP contribution in [0.3, 0.4) is 0 Å². The van der Waals surface area contributed by atoms with Crippen molar-refractivity contribution in [2.24, 2.45) is 5.92 Å². The quantitative estimate of drug-likeness (QED) is 0.384. The number of carbonyl (C=O) groups is 1. The lowest BCUT2D eigenvalue weighted by Gasteiger charge is -2.19. The van der Waals surface area contributed by atoms with E-state index in [-0.39, 0.29) is 24.9 Å². The number of phosphoric acid groups is 1. The Kier molecular flexibility index (Phi) is 8.28. The fourth-order valence-electron chi connectivity index (χ4n) is 2.73. The number of phosphoric ester groups is 1. The fourth-order valence-corrected chi connectivity index (χ4v) is 3.50. The minimum Gasteiger partial charge on any atom is -0.463 e. The summed E-state index contributed by atoms with van der Waals surface area (Å²) in [4.78, 5) is 36.6. The van der Waals surface area contributed by atoms with E-state index in [4.69, 9.17) is 24.3 Å².